The number of ketones is 1. The number of carbonyl (C=O) groups excluding carboxylic acids is 3. The maximum Gasteiger partial charge on any atom is 0.308 e. The van der Waals surface area contributed by atoms with Crippen LogP contribution in [-0.4, -0.2) is 48.4 Å². The van der Waals surface area contributed by atoms with Crippen LogP contribution in [0.1, 0.15) is 166 Å². The van der Waals surface area contributed by atoms with Crippen molar-refractivity contribution in [2.24, 2.45) is 80.8 Å². The number of fused-ring (bicyclic) bond motifs is 8. The normalized spacial score (nSPS) is 49.6. The van der Waals surface area contributed by atoms with E-state index in [1.54, 1.807) is 5.57 Å². The van der Waals surface area contributed by atoms with Gasteiger partial charge in [-0.05, 0) is 147 Å². The summed E-state index contributed by atoms with van der Waals surface area (Å²) in [4.78, 5) is 36.5. The number of hydrogen-bond acceptors (Lipinski definition) is 7. The molecule has 1 spiro atoms. The predicted octanol–water partition coefficient (Wildman–Crippen LogP) is 10.5. The second-order valence-corrected chi connectivity index (χ2v) is 21.1. The van der Waals surface area contributed by atoms with E-state index < -0.39 is 5.79 Å². The van der Waals surface area contributed by atoms with Gasteiger partial charge in [-0.3, -0.25) is 14.4 Å². The van der Waals surface area contributed by atoms with E-state index in [2.05, 4.69) is 47.6 Å². The molecule has 2 aliphatic heterocycles. The van der Waals surface area contributed by atoms with E-state index in [1.165, 1.54) is 52.7 Å². The number of hydrogen-bond donors (Lipinski definition) is 1. The topological polar surface area (TPSA) is 99.1 Å². The number of allylic oxidation sites excluding steroid dienone is 2. The first kappa shape index (κ1) is 42.9. The van der Waals surface area contributed by atoms with Crippen LogP contribution in [-0.2, 0) is 28.6 Å². The van der Waals surface area contributed by atoms with E-state index in [-0.39, 0.29) is 65.9 Å². The van der Waals surface area contributed by atoms with Crippen LogP contribution in [0.2, 0.25) is 0 Å². The average molecular weight is 767 g/mol. The molecule has 0 aromatic rings. The summed E-state index contributed by atoms with van der Waals surface area (Å²) in [5.74, 6) is 3.93. The predicted molar refractivity (Wildman–Crippen MR) is 217 cm³/mol. The first-order valence-corrected chi connectivity index (χ1v) is 21.8. The Hall–Kier alpha value is -1.73. The fraction of sp³-hybridized carbons (Fsp3) is 0.896. The van der Waals surface area contributed by atoms with Gasteiger partial charge >= 0.3 is 11.9 Å². The van der Waals surface area contributed by atoms with Gasteiger partial charge in [0.1, 0.15) is 5.78 Å². The lowest BCUT2D eigenvalue weighted by atomic mass is 9.40. The second-order valence-electron chi connectivity index (χ2n) is 21.1. The fourth-order valence-electron chi connectivity index (χ4n) is 16.5. The maximum atomic E-state index is 12.3. The minimum atomic E-state index is -0.883. The molecular formula is C48H78O7. The van der Waals surface area contributed by atoms with Crippen molar-refractivity contribution >= 4 is 17.7 Å². The van der Waals surface area contributed by atoms with Gasteiger partial charge in [0.2, 0.25) is 0 Å². The van der Waals surface area contributed by atoms with E-state index >= 15 is 0 Å². The molecule has 9 fully saturated rings. The maximum absolute atomic E-state index is 12.3. The Kier molecular flexibility index (Phi) is 11.3. The van der Waals surface area contributed by atoms with Crippen molar-refractivity contribution in [2.45, 2.75) is 177 Å². The number of Topliss-reactive ketones (excluding diaryl/α,β-unsaturated/α-hetero) is 1. The summed E-state index contributed by atoms with van der Waals surface area (Å²) in [7, 11) is 3.03. The molecular weight excluding hydrogens is 689 g/mol. The van der Waals surface area contributed by atoms with Gasteiger partial charge in [-0.15, -0.1) is 0 Å². The van der Waals surface area contributed by atoms with Crippen molar-refractivity contribution in [1.29, 1.82) is 0 Å². The first-order chi connectivity index (χ1) is 25.0. The molecule has 2 heterocycles. The van der Waals surface area contributed by atoms with Crippen molar-refractivity contribution < 1.29 is 33.7 Å². The molecule has 55 heavy (non-hydrogen) atoms. The van der Waals surface area contributed by atoms with E-state index in [0.29, 0.717) is 53.1 Å². The summed E-state index contributed by atoms with van der Waals surface area (Å²) in [6.07, 6.45) is 20.7. The van der Waals surface area contributed by atoms with Crippen LogP contribution in [0, 0.1) is 80.8 Å². The highest BCUT2D eigenvalue weighted by Crippen LogP contribution is 2.75. The average Bonchev–Trinajstić information content (AvgIpc) is 3.67. The third kappa shape index (κ3) is 6.01. The molecule has 8 aliphatic carbocycles. The molecule has 0 aromatic carbocycles. The molecule has 312 valence electrons. The van der Waals surface area contributed by atoms with Gasteiger partial charge in [0, 0.05) is 31.1 Å². The molecule has 4 unspecified atom stereocenters. The second kappa shape index (κ2) is 14.5. The van der Waals surface area contributed by atoms with Crippen molar-refractivity contribution in [3.05, 3.63) is 11.6 Å². The van der Waals surface area contributed by atoms with Gasteiger partial charge in [-0.1, -0.05) is 68.0 Å². The fourth-order valence-corrected chi connectivity index (χ4v) is 16.5. The smallest absolute Gasteiger partial charge is 0.308 e. The van der Waals surface area contributed by atoms with Crippen LogP contribution in [0.5, 0.6) is 0 Å². The molecule has 4 bridgehead atoms. The Morgan fingerprint density at radius 3 is 2.00 bits per heavy atom. The van der Waals surface area contributed by atoms with Crippen molar-refractivity contribution in [1.82, 2.24) is 0 Å². The molecule has 0 aromatic heterocycles. The lowest BCUT2D eigenvalue weighted by Gasteiger charge is -2.73. The number of aliphatic hydroxyl groups is 1. The molecule has 7 saturated carbocycles. The van der Waals surface area contributed by atoms with E-state index in [0.717, 1.165) is 70.6 Å². The highest BCUT2D eigenvalue weighted by molar-refractivity contribution is 5.80. The third-order valence-electron chi connectivity index (χ3n) is 19.5. The SMILES string of the molecule is C.C.COC(=O)[C@@H](C)[C@H]1CCC2C3CC[C@@H]4CC(=O)CC[C@]4(C)C3=CC[C@@]21C.COC(=O)[C@@H](C)[C@H]1CCC2C3CC[C@@H]4C[C@]5(O)CC[C@]4(C)[C@]3(CC[C@@]21C)O5. The van der Waals surface area contributed by atoms with Gasteiger partial charge in [-0.25, -0.2) is 0 Å². The van der Waals surface area contributed by atoms with Crippen LogP contribution in [0.3, 0.4) is 0 Å². The van der Waals surface area contributed by atoms with Gasteiger partial charge in [-0.2, -0.15) is 0 Å². The van der Waals surface area contributed by atoms with Crippen LogP contribution in [0.4, 0.5) is 0 Å². The van der Waals surface area contributed by atoms with Crippen LogP contribution in [0.15, 0.2) is 11.6 Å². The van der Waals surface area contributed by atoms with Crippen molar-refractivity contribution in [2.75, 3.05) is 14.2 Å². The molecule has 7 heteroatoms. The molecule has 1 N–H and O–H groups in total. The monoisotopic (exact) mass is 767 g/mol. The number of methoxy groups -OCH3 is 2. The molecule has 0 radical (unpaired) electrons. The number of carbonyl (C=O) groups is 3. The third-order valence-corrected chi connectivity index (χ3v) is 19.5. The number of ether oxygens (including phenoxy) is 3. The van der Waals surface area contributed by atoms with Crippen LogP contribution >= 0.6 is 0 Å². The zero-order chi connectivity index (χ0) is 37.9. The Morgan fingerprint density at radius 2 is 1.35 bits per heavy atom. The minimum absolute atomic E-state index is 0. The lowest BCUT2D eigenvalue weighted by molar-refractivity contribution is -0.418. The number of rotatable bonds is 4. The molecule has 2 saturated heterocycles. The lowest BCUT2D eigenvalue weighted by Crippen LogP contribution is -2.74. The molecule has 10 rings (SSSR count). The summed E-state index contributed by atoms with van der Waals surface area (Å²) >= 11 is 0. The summed E-state index contributed by atoms with van der Waals surface area (Å²) < 4.78 is 16.9. The largest absolute Gasteiger partial charge is 0.469 e. The van der Waals surface area contributed by atoms with E-state index in [1.807, 2.05) is 0 Å². The van der Waals surface area contributed by atoms with Gasteiger partial charge in [0.15, 0.2) is 5.79 Å². The Labute approximate surface area is 334 Å². The van der Waals surface area contributed by atoms with Crippen LogP contribution in [0.25, 0.3) is 0 Å². The van der Waals surface area contributed by atoms with E-state index in [9.17, 15) is 19.5 Å². The molecule has 7 nitrogen and oxygen atoms in total. The quantitative estimate of drug-likeness (QED) is 0.225. The standard InChI is InChI=1S/C23H36O4.C23H34O3.2CH4/c1-14(19(24)26-4)16-7-8-17-18-6-5-15-13-22(25)11-10-21(15,3)23(18,27-22)12-9-20(16,17)2;1-14(21(25)26-4)18-7-8-19-17-6-5-15-13-16(24)9-11-22(15,2)20(17)10-12-23(18,19)3;;/h14-18,25H,5-13H2,1-4H3;10,14-15,17-19H,5-9,11-13H2,1-4H3;2*1H4/t14-,15+,16+,17?,18?,20+,21-,22-,23+;14-,15+,17?,18+,19?,22-,23+;;/m00../s1. The first-order valence-electron chi connectivity index (χ1n) is 21.8. The highest BCUT2D eigenvalue weighted by atomic mass is 16.6. The summed E-state index contributed by atoms with van der Waals surface area (Å²) in [5, 5.41) is 11.1. The highest BCUT2D eigenvalue weighted by Gasteiger charge is 2.74. The van der Waals surface area contributed by atoms with Gasteiger partial charge < -0.3 is 19.3 Å². The van der Waals surface area contributed by atoms with Crippen molar-refractivity contribution in [3.63, 3.8) is 0 Å². The minimum Gasteiger partial charge on any atom is -0.469 e. The summed E-state index contributed by atoms with van der Waals surface area (Å²) in [5.41, 5.74) is 2.40. The van der Waals surface area contributed by atoms with E-state index in [4.69, 9.17) is 14.2 Å². The summed E-state index contributed by atoms with van der Waals surface area (Å²) in [6.45, 7) is 13.9. The molecule has 10 aliphatic rings. The number of esters is 2. The van der Waals surface area contributed by atoms with Crippen molar-refractivity contribution in [3.8, 4) is 0 Å². The van der Waals surface area contributed by atoms with Gasteiger partial charge in [0.05, 0.1) is 31.7 Å². The molecule has 16 atom stereocenters. The van der Waals surface area contributed by atoms with Gasteiger partial charge in [0.25, 0.3) is 0 Å². The summed E-state index contributed by atoms with van der Waals surface area (Å²) in [6, 6.07) is 0. The Balaban J connectivity index is 0.000000181. The van der Waals surface area contributed by atoms with Crippen LogP contribution < -0.4 is 0 Å². The Morgan fingerprint density at radius 1 is 0.745 bits per heavy atom. The zero-order valence-electron chi connectivity index (χ0n) is 34.3. The zero-order valence-corrected chi connectivity index (χ0v) is 34.3. The Bertz CT molecular complexity index is 1540. The molecule has 0 amide bonds.